The van der Waals surface area contributed by atoms with Crippen LogP contribution in [-0.2, 0) is 16.1 Å². The number of esters is 1. The third kappa shape index (κ3) is 3.70. The Balaban J connectivity index is 2.78. The number of quaternary nitrogens is 1. The monoisotopic (exact) mass is 248 g/mol. The van der Waals surface area contributed by atoms with Gasteiger partial charge in [0.2, 0.25) is 6.23 Å². The zero-order chi connectivity index (χ0) is 13.6. The Hall–Kier alpha value is -1.61. The van der Waals surface area contributed by atoms with Crippen LogP contribution in [0.1, 0.15) is 19.4 Å². The molecule has 2 atom stereocenters. The molecular formula is C15H22NO2+. The van der Waals surface area contributed by atoms with E-state index >= 15 is 0 Å². The number of hydrogen-bond acceptors (Lipinski definition) is 2. The van der Waals surface area contributed by atoms with Crippen molar-refractivity contribution in [2.24, 2.45) is 0 Å². The molecule has 1 rings (SSSR count). The molecule has 2 unspecified atom stereocenters. The van der Waals surface area contributed by atoms with E-state index in [1.54, 1.807) is 0 Å². The van der Waals surface area contributed by atoms with Gasteiger partial charge in [-0.1, -0.05) is 36.9 Å². The third-order valence-electron chi connectivity index (χ3n) is 3.44. The lowest BCUT2D eigenvalue weighted by Gasteiger charge is -2.38. The molecule has 0 fully saturated rings. The summed E-state index contributed by atoms with van der Waals surface area (Å²) in [6, 6.07) is 10.2. The third-order valence-corrected chi connectivity index (χ3v) is 3.44. The SMILES string of the molecule is C=CC(=O)OC(C)[N+](C)(CC)Cc1ccccc1. The highest BCUT2D eigenvalue weighted by molar-refractivity contribution is 5.81. The van der Waals surface area contributed by atoms with Crippen LogP contribution in [0.15, 0.2) is 43.0 Å². The van der Waals surface area contributed by atoms with Crippen LogP contribution in [0.3, 0.4) is 0 Å². The molecule has 0 aliphatic heterocycles. The minimum Gasteiger partial charge on any atom is -0.410 e. The highest BCUT2D eigenvalue weighted by Crippen LogP contribution is 2.17. The molecule has 0 aliphatic rings. The molecule has 18 heavy (non-hydrogen) atoms. The van der Waals surface area contributed by atoms with Crippen molar-refractivity contribution < 1.29 is 14.0 Å². The zero-order valence-corrected chi connectivity index (χ0v) is 11.4. The normalized spacial score (nSPS) is 15.5. The van der Waals surface area contributed by atoms with Crippen molar-refractivity contribution in [3.05, 3.63) is 48.6 Å². The lowest BCUT2D eigenvalue weighted by Crippen LogP contribution is -2.51. The van der Waals surface area contributed by atoms with Crippen LogP contribution in [0, 0.1) is 0 Å². The molecule has 3 nitrogen and oxygen atoms in total. The second-order valence-electron chi connectivity index (χ2n) is 4.68. The topological polar surface area (TPSA) is 26.3 Å². The molecule has 3 heteroatoms. The highest BCUT2D eigenvalue weighted by Gasteiger charge is 2.30. The van der Waals surface area contributed by atoms with E-state index in [-0.39, 0.29) is 12.2 Å². The minimum atomic E-state index is -0.367. The maximum atomic E-state index is 11.3. The quantitative estimate of drug-likeness (QED) is 0.335. The molecule has 0 saturated heterocycles. The molecule has 98 valence electrons. The molecule has 0 aliphatic carbocycles. The Labute approximate surface area is 109 Å². The molecule has 1 aromatic rings. The maximum Gasteiger partial charge on any atom is 0.334 e. The van der Waals surface area contributed by atoms with E-state index in [4.69, 9.17) is 4.74 Å². The van der Waals surface area contributed by atoms with Crippen LogP contribution < -0.4 is 0 Å². The first-order valence-electron chi connectivity index (χ1n) is 6.23. The van der Waals surface area contributed by atoms with E-state index in [1.165, 1.54) is 11.6 Å². The molecule has 0 radical (unpaired) electrons. The summed E-state index contributed by atoms with van der Waals surface area (Å²) < 4.78 is 6.00. The summed E-state index contributed by atoms with van der Waals surface area (Å²) in [5.41, 5.74) is 1.24. The minimum absolute atomic E-state index is 0.194. The molecular weight excluding hydrogens is 226 g/mol. The second kappa shape index (κ2) is 6.36. The highest BCUT2D eigenvalue weighted by atomic mass is 16.6. The van der Waals surface area contributed by atoms with Gasteiger partial charge in [-0.25, -0.2) is 4.79 Å². The van der Waals surface area contributed by atoms with Crippen molar-refractivity contribution in [1.82, 2.24) is 0 Å². The zero-order valence-electron chi connectivity index (χ0n) is 11.4. The number of carbonyl (C=O) groups excluding carboxylic acids is 1. The van der Waals surface area contributed by atoms with Crippen molar-refractivity contribution in [1.29, 1.82) is 0 Å². The van der Waals surface area contributed by atoms with E-state index in [1.807, 2.05) is 25.1 Å². The van der Waals surface area contributed by atoms with Crippen molar-refractivity contribution in [3.63, 3.8) is 0 Å². The van der Waals surface area contributed by atoms with Crippen LogP contribution in [0.4, 0.5) is 0 Å². The molecule has 0 bridgehead atoms. The number of nitrogens with zero attached hydrogens (tertiary/aromatic N) is 1. The smallest absolute Gasteiger partial charge is 0.334 e. The Kier molecular flexibility index (Phi) is 5.10. The van der Waals surface area contributed by atoms with E-state index in [0.29, 0.717) is 4.48 Å². The van der Waals surface area contributed by atoms with Crippen LogP contribution in [0.25, 0.3) is 0 Å². The van der Waals surface area contributed by atoms with E-state index in [0.717, 1.165) is 13.1 Å². The van der Waals surface area contributed by atoms with E-state index in [2.05, 4.69) is 32.7 Å². The van der Waals surface area contributed by atoms with Crippen LogP contribution in [0.2, 0.25) is 0 Å². The average Bonchev–Trinajstić information content (AvgIpc) is 2.39. The summed E-state index contributed by atoms with van der Waals surface area (Å²) in [6.45, 7) is 9.17. The van der Waals surface area contributed by atoms with Crippen LogP contribution in [0.5, 0.6) is 0 Å². The fourth-order valence-electron chi connectivity index (χ4n) is 1.84. The molecule has 0 heterocycles. The maximum absolute atomic E-state index is 11.3. The summed E-state index contributed by atoms with van der Waals surface area (Å²) in [5.74, 6) is -0.367. The van der Waals surface area contributed by atoms with E-state index in [9.17, 15) is 4.79 Å². The summed E-state index contributed by atoms with van der Waals surface area (Å²) in [6.07, 6.45) is 1.01. The Bertz CT molecular complexity index is 402. The number of carbonyl (C=O) groups is 1. The molecule has 0 amide bonds. The summed E-state index contributed by atoms with van der Waals surface area (Å²) >= 11 is 0. The first-order chi connectivity index (χ1) is 8.51. The van der Waals surface area contributed by atoms with Gasteiger partial charge in [0.05, 0.1) is 13.6 Å². The largest absolute Gasteiger partial charge is 0.410 e. The van der Waals surface area contributed by atoms with Crippen molar-refractivity contribution in [3.8, 4) is 0 Å². The van der Waals surface area contributed by atoms with Gasteiger partial charge in [-0.05, 0) is 6.92 Å². The van der Waals surface area contributed by atoms with Gasteiger partial charge in [0.25, 0.3) is 0 Å². The molecule has 1 aromatic carbocycles. The standard InChI is InChI=1S/C15H22NO2/c1-5-15(17)18-13(3)16(4,6-2)12-14-10-8-7-9-11-14/h5,7-11,13H,1,6,12H2,2-4H3/q+1. The Morgan fingerprint density at radius 1 is 1.44 bits per heavy atom. The van der Waals surface area contributed by atoms with Crippen molar-refractivity contribution in [2.75, 3.05) is 13.6 Å². The predicted octanol–water partition coefficient (Wildman–Crippen LogP) is 2.73. The molecule has 0 saturated carbocycles. The average molecular weight is 248 g/mol. The first-order valence-corrected chi connectivity index (χ1v) is 6.23. The van der Waals surface area contributed by atoms with Gasteiger partial charge >= 0.3 is 5.97 Å². The molecule has 0 N–H and O–H groups in total. The fourth-order valence-corrected chi connectivity index (χ4v) is 1.84. The summed E-state index contributed by atoms with van der Waals surface area (Å²) in [7, 11) is 2.09. The van der Waals surface area contributed by atoms with Crippen LogP contribution in [-0.4, -0.2) is 30.3 Å². The Morgan fingerprint density at radius 2 is 2.06 bits per heavy atom. The lowest BCUT2D eigenvalue weighted by atomic mass is 10.2. The van der Waals surface area contributed by atoms with Gasteiger partial charge in [0.1, 0.15) is 6.54 Å². The first kappa shape index (κ1) is 14.5. The second-order valence-corrected chi connectivity index (χ2v) is 4.68. The van der Waals surface area contributed by atoms with Gasteiger partial charge in [-0.15, -0.1) is 0 Å². The molecule has 0 aromatic heterocycles. The number of hydrogen-bond donors (Lipinski definition) is 0. The van der Waals surface area contributed by atoms with E-state index < -0.39 is 0 Å². The Morgan fingerprint density at radius 3 is 2.56 bits per heavy atom. The van der Waals surface area contributed by atoms with Crippen LogP contribution >= 0.6 is 0 Å². The van der Waals surface area contributed by atoms with Gasteiger partial charge < -0.3 is 4.74 Å². The number of benzene rings is 1. The predicted molar refractivity (Wildman–Crippen MR) is 72.6 cm³/mol. The number of rotatable bonds is 6. The van der Waals surface area contributed by atoms with Crippen molar-refractivity contribution >= 4 is 5.97 Å². The van der Waals surface area contributed by atoms with Gasteiger partial charge in [0, 0.05) is 18.6 Å². The van der Waals surface area contributed by atoms with Gasteiger partial charge in [-0.3, -0.25) is 4.48 Å². The molecule has 0 spiro atoms. The van der Waals surface area contributed by atoms with Crippen molar-refractivity contribution in [2.45, 2.75) is 26.6 Å². The fraction of sp³-hybridized carbons (Fsp3) is 0.400. The number of ether oxygens (including phenoxy) is 1. The summed E-state index contributed by atoms with van der Waals surface area (Å²) in [4.78, 5) is 11.3. The summed E-state index contributed by atoms with van der Waals surface area (Å²) in [5, 5.41) is 0. The lowest BCUT2D eigenvalue weighted by molar-refractivity contribution is -0.961. The van der Waals surface area contributed by atoms with Gasteiger partial charge in [0.15, 0.2) is 0 Å². The van der Waals surface area contributed by atoms with Gasteiger partial charge in [-0.2, -0.15) is 0 Å².